The number of hydrogen-bond donors (Lipinski definition) is 1. The summed E-state index contributed by atoms with van der Waals surface area (Å²) in [6, 6.07) is 10.5. The summed E-state index contributed by atoms with van der Waals surface area (Å²) in [5.74, 6) is -0.914. The van der Waals surface area contributed by atoms with E-state index in [4.69, 9.17) is 5.11 Å². The lowest BCUT2D eigenvalue weighted by atomic mass is 10.0. The lowest BCUT2D eigenvalue weighted by molar-refractivity contribution is 0.0697. The highest BCUT2D eigenvalue weighted by atomic mass is 35.5. The first-order valence-electron chi connectivity index (χ1n) is 4.52. The summed E-state index contributed by atoms with van der Waals surface area (Å²) in [5.41, 5.74) is 1.89. The van der Waals surface area contributed by atoms with Gasteiger partial charge in [-0.15, -0.1) is 12.4 Å². The molecule has 0 radical (unpaired) electrons. The topological polar surface area (TPSA) is 50.2 Å². The predicted molar refractivity (Wildman–Crippen MR) is 63.9 cm³/mol. The van der Waals surface area contributed by atoms with E-state index in [-0.39, 0.29) is 12.4 Å². The largest absolute Gasteiger partial charge is 0.478 e. The first-order chi connectivity index (χ1) is 7.29. The Labute approximate surface area is 99.2 Å². The summed E-state index contributed by atoms with van der Waals surface area (Å²) in [4.78, 5) is 14.9. The zero-order chi connectivity index (χ0) is 10.7. The van der Waals surface area contributed by atoms with Crippen molar-refractivity contribution in [2.45, 2.75) is 0 Å². The summed E-state index contributed by atoms with van der Waals surface area (Å²) < 4.78 is 0. The molecular weight excluding hydrogens is 226 g/mol. The van der Waals surface area contributed by atoms with Crippen molar-refractivity contribution in [1.82, 2.24) is 4.98 Å². The zero-order valence-electron chi connectivity index (χ0n) is 8.33. The van der Waals surface area contributed by atoms with Crippen molar-refractivity contribution in [3.05, 3.63) is 54.4 Å². The SMILES string of the molecule is Cl.O=C(O)c1ccccc1-c1ccncc1. The third-order valence-corrected chi connectivity index (χ3v) is 2.15. The summed E-state index contributed by atoms with van der Waals surface area (Å²) in [6.07, 6.45) is 3.29. The number of hydrogen-bond acceptors (Lipinski definition) is 2. The normalized spacial score (nSPS) is 9.25. The fourth-order valence-electron chi connectivity index (χ4n) is 1.45. The maximum absolute atomic E-state index is 11.0. The Kier molecular flexibility index (Phi) is 4.03. The maximum Gasteiger partial charge on any atom is 0.336 e. The summed E-state index contributed by atoms with van der Waals surface area (Å²) in [6.45, 7) is 0. The Bertz CT molecular complexity index is 485. The first kappa shape index (κ1) is 12.2. The molecule has 0 aliphatic heterocycles. The Morgan fingerprint density at radius 3 is 2.31 bits per heavy atom. The van der Waals surface area contributed by atoms with E-state index in [9.17, 15) is 4.79 Å². The summed E-state index contributed by atoms with van der Waals surface area (Å²) in [5, 5.41) is 9.01. The number of carboxylic acids is 1. The van der Waals surface area contributed by atoms with Gasteiger partial charge in [0, 0.05) is 12.4 Å². The van der Waals surface area contributed by atoms with Crippen molar-refractivity contribution in [3.63, 3.8) is 0 Å². The molecule has 0 unspecified atom stereocenters. The van der Waals surface area contributed by atoms with Crippen molar-refractivity contribution in [1.29, 1.82) is 0 Å². The van der Waals surface area contributed by atoms with Crippen molar-refractivity contribution in [3.8, 4) is 11.1 Å². The summed E-state index contributed by atoms with van der Waals surface area (Å²) >= 11 is 0. The van der Waals surface area contributed by atoms with E-state index in [2.05, 4.69) is 4.98 Å². The quantitative estimate of drug-likeness (QED) is 0.871. The van der Waals surface area contributed by atoms with Crippen LogP contribution in [0.1, 0.15) is 10.4 Å². The van der Waals surface area contributed by atoms with Crippen LogP contribution in [0.15, 0.2) is 48.8 Å². The average Bonchev–Trinajstić information content (AvgIpc) is 2.30. The molecule has 0 spiro atoms. The van der Waals surface area contributed by atoms with Crippen LogP contribution < -0.4 is 0 Å². The van der Waals surface area contributed by atoms with Crippen molar-refractivity contribution < 1.29 is 9.90 Å². The highest BCUT2D eigenvalue weighted by Crippen LogP contribution is 2.22. The first-order valence-corrected chi connectivity index (χ1v) is 4.52. The number of carboxylic acid groups (broad SMARTS) is 1. The highest BCUT2D eigenvalue weighted by molar-refractivity contribution is 5.95. The smallest absolute Gasteiger partial charge is 0.336 e. The minimum absolute atomic E-state index is 0. The van der Waals surface area contributed by atoms with Crippen LogP contribution >= 0.6 is 12.4 Å². The highest BCUT2D eigenvalue weighted by Gasteiger charge is 2.09. The van der Waals surface area contributed by atoms with Gasteiger partial charge >= 0.3 is 5.97 Å². The molecule has 0 bridgehead atoms. The van der Waals surface area contributed by atoms with Crippen LogP contribution in [0.5, 0.6) is 0 Å². The number of halogens is 1. The van der Waals surface area contributed by atoms with Crippen LogP contribution in [0.2, 0.25) is 0 Å². The van der Waals surface area contributed by atoms with Crippen LogP contribution in [-0.2, 0) is 0 Å². The van der Waals surface area contributed by atoms with Gasteiger partial charge in [-0.05, 0) is 29.3 Å². The van der Waals surface area contributed by atoms with E-state index < -0.39 is 5.97 Å². The van der Waals surface area contributed by atoms with Gasteiger partial charge in [-0.25, -0.2) is 4.79 Å². The number of aromatic carboxylic acids is 1. The van der Waals surface area contributed by atoms with Crippen molar-refractivity contribution in [2.75, 3.05) is 0 Å². The van der Waals surface area contributed by atoms with E-state index in [1.54, 1.807) is 42.7 Å². The minimum Gasteiger partial charge on any atom is -0.478 e. The van der Waals surface area contributed by atoms with Gasteiger partial charge in [0.2, 0.25) is 0 Å². The fourth-order valence-corrected chi connectivity index (χ4v) is 1.45. The van der Waals surface area contributed by atoms with Gasteiger partial charge in [-0.3, -0.25) is 4.98 Å². The number of aromatic nitrogens is 1. The molecule has 0 fully saturated rings. The fraction of sp³-hybridized carbons (Fsp3) is 0. The van der Waals surface area contributed by atoms with Gasteiger partial charge in [0.25, 0.3) is 0 Å². The minimum atomic E-state index is -0.914. The van der Waals surface area contributed by atoms with Gasteiger partial charge < -0.3 is 5.11 Å². The van der Waals surface area contributed by atoms with Gasteiger partial charge in [-0.2, -0.15) is 0 Å². The van der Waals surface area contributed by atoms with Crippen LogP contribution in [0.4, 0.5) is 0 Å². The molecule has 16 heavy (non-hydrogen) atoms. The van der Waals surface area contributed by atoms with Gasteiger partial charge in [-0.1, -0.05) is 18.2 Å². The van der Waals surface area contributed by atoms with E-state index >= 15 is 0 Å². The molecule has 0 saturated heterocycles. The van der Waals surface area contributed by atoms with Crippen LogP contribution in [0.3, 0.4) is 0 Å². The molecule has 0 aliphatic carbocycles. The van der Waals surface area contributed by atoms with Crippen LogP contribution in [0, 0.1) is 0 Å². The Morgan fingerprint density at radius 2 is 1.69 bits per heavy atom. The number of rotatable bonds is 2. The molecule has 0 aliphatic rings. The molecule has 1 aromatic heterocycles. The molecular formula is C12H10ClNO2. The molecule has 0 amide bonds. The summed E-state index contributed by atoms with van der Waals surface area (Å²) in [7, 11) is 0. The molecule has 2 aromatic rings. The van der Waals surface area contributed by atoms with Gasteiger partial charge in [0.05, 0.1) is 5.56 Å². The van der Waals surface area contributed by atoms with Crippen molar-refractivity contribution >= 4 is 18.4 Å². The lowest BCUT2D eigenvalue weighted by Gasteiger charge is -2.04. The third-order valence-electron chi connectivity index (χ3n) is 2.15. The molecule has 82 valence electrons. The van der Waals surface area contributed by atoms with E-state index in [1.165, 1.54) is 0 Å². The van der Waals surface area contributed by atoms with Gasteiger partial charge in [0.15, 0.2) is 0 Å². The van der Waals surface area contributed by atoms with Crippen LogP contribution in [-0.4, -0.2) is 16.1 Å². The molecule has 2 rings (SSSR count). The molecule has 0 saturated carbocycles. The molecule has 1 heterocycles. The second-order valence-electron chi connectivity index (χ2n) is 3.09. The Hall–Kier alpha value is -1.87. The predicted octanol–water partition coefficient (Wildman–Crippen LogP) is 2.87. The Morgan fingerprint density at radius 1 is 1.06 bits per heavy atom. The number of carbonyl (C=O) groups is 1. The zero-order valence-corrected chi connectivity index (χ0v) is 9.15. The standard InChI is InChI=1S/C12H9NO2.ClH/c14-12(15)11-4-2-1-3-10(11)9-5-7-13-8-6-9;/h1-8H,(H,14,15);1H. The number of pyridine rings is 1. The molecule has 1 N–H and O–H groups in total. The molecule has 0 atom stereocenters. The Balaban J connectivity index is 0.00000128. The third kappa shape index (κ3) is 2.38. The number of benzene rings is 1. The monoisotopic (exact) mass is 235 g/mol. The van der Waals surface area contributed by atoms with Crippen molar-refractivity contribution in [2.24, 2.45) is 0 Å². The number of nitrogens with zero attached hydrogens (tertiary/aromatic N) is 1. The van der Waals surface area contributed by atoms with Gasteiger partial charge in [0.1, 0.15) is 0 Å². The molecule has 4 heteroatoms. The molecule has 3 nitrogen and oxygen atoms in total. The van der Waals surface area contributed by atoms with E-state index in [0.29, 0.717) is 11.1 Å². The van der Waals surface area contributed by atoms with E-state index in [1.807, 2.05) is 6.07 Å². The van der Waals surface area contributed by atoms with E-state index in [0.717, 1.165) is 5.56 Å². The maximum atomic E-state index is 11.0. The van der Waals surface area contributed by atoms with Crippen LogP contribution in [0.25, 0.3) is 11.1 Å². The second-order valence-corrected chi connectivity index (χ2v) is 3.09. The lowest BCUT2D eigenvalue weighted by Crippen LogP contribution is -1.98. The average molecular weight is 236 g/mol. The second kappa shape index (κ2) is 5.28. The molecule has 1 aromatic carbocycles.